The lowest BCUT2D eigenvalue weighted by Gasteiger charge is -2.27. The Kier molecular flexibility index (Phi) is 6.11. The molecule has 4 nitrogen and oxygen atoms in total. The fourth-order valence-corrected chi connectivity index (χ4v) is 3.82. The number of amides is 2. The average Bonchev–Trinajstić information content (AvgIpc) is 3.26. The molecule has 0 bridgehead atoms. The van der Waals surface area contributed by atoms with E-state index in [9.17, 15) is 9.59 Å². The molecule has 2 aromatic carbocycles. The summed E-state index contributed by atoms with van der Waals surface area (Å²) in [7, 11) is 0. The van der Waals surface area contributed by atoms with Crippen molar-refractivity contribution in [2.75, 3.05) is 6.54 Å². The topological polar surface area (TPSA) is 50.5 Å². The van der Waals surface area contributed by atoms with E-state index in [1.54, 1.807) is 31.2 Å². The number of nitrogens with zero attached hydrogens (tertiary/aromatic N) is 1. The van der Waals surface area contributed by atoms with Crippen LogP contribution in [0.4, 0.5) is 0 Å². The van der Waals surface area contributed by atoms with Crippen LogP contribution in [0, 0.1) is 12.3 Å². The molecule has 158 valence electrons. The fourth-order valence-electron chi connectivity index (χ4n) is 3.63. The third kappa shape index (κ3) is 4.30. The predicted octanol–water partition coefficient (Wildman–Crippen LogP) is 5.54. The Morgan fingerprint density at radius 2 is 1.81 bits per heavy atom. The Morgan fingerprint density at radius 3 is 2.53 bits per heavy atom. The molecule has 4 rings (SSSR count). The summed E-state index contributed by atoms with van der Waals surface area (Å²) in [5, 5.41) is 0.603. The van der Waals surface area contributed by atoms with Crippen LogP contribution in [-0.4, -0.2) is 23.3 Å². The van der Waals surface area contributed by atoms with E-state index in [-0.39, 0.29) is 18.0 Å². The summed E-state index contributed by atoms with van der Waals surface area (Å²) in [6.45, 7) is 1.93. The van der Waals surface area contributed by atoms with Crippen molar-refractivity contribution in [3.05, 3.63) is 99.8 Å². The number of imide groups is 1. The van der Waals surface area contributed by atoms with Gasteiger partial charge < -0.3 is 4.42 Å². The van der Waals surface area contributed by atoms with Gasteiger partial charge in [0.15, 0.2) is 0 Å². The second-order valence-electron chi connectivity index (χ2n) is 7.41. The summed E-state index contributed by atoms with van der Waals surface area (Å²) >= 11 is 6.07. The van der Waals surface area contributed by atoms with Crippen LogP contribution in [-0.2, 0) is 16.0 Å². The number of carbonyl (C=O) groups excluding carboxylic acids is 2. The molecular formula is C27H20ClNO3. The van der Waals surface area contributed by atoms with Gasteiger partial charge in [-0.15, -0.1) is 6.42 Å². The standard InChI is InChI=1S/C27H20ClNO3/c1-3-23-18(2)24(17-22-12-13-25(32-22)20-10-7-11-21(28)16-20)27(31)29(26(23)30)15-14-19-8-5-4-6-9-19/h1,4-13,16-17H,14-15H2,2H3/b24-17-. The molecule has 32 heavy (non-hydrogen) atoms. The molecule has 0 fully saturated rings. The molecule has 0 saturated heterocycles. The van der Waals surface area contributed by atoms with Crippen LogP contribution in [0.3, 0.4) is 0 Å². The Balaban J connectivity index is 1.65. The quantitative estimate of drug-likeness (QED) is 0.296. The summed E-state index contributed by atoms with van der Waals surface area (Å²) < 4.78 is 5.92. The first-order valence-corrected chi connectivity index (χ1v) is 10.5. The minimum absolute atomic E-state index is 0.186. The van der Waals surface area contributed by atoms with Gasteiger partial charge in [-0.05, 0) is 54.8 Å². The molecule has 1 aromatic heterocycles. The molecule has 0 radical (unpaired) electrons. The van der Waals surface area contributed by atoms with Crippen molar-refractivity contribution in [1.82, 2.24) is 4.90 Å². The van der Waals surface area contributed by atoms with Crippen LogP contribution in [0.1, 0.15) is 18.2 Å². The third-order valence-electron chi connectivity index (χ3n) is 5.35. The van der Waals surface area contributed by atoms with E-state index in [4.69, 9.17) is 22.4 Å². The normalized spacial score (nSPS) is 15.4. The van der Waals surface area contributed by atoms with Gasteiger partial charge in [-0.25, -0.2) is 0 Å². The summed E-state index contributed by atoms with van der Waals surface area (Å²) in [4.78, 5) is 27.3. The summed E-state index contributed by atoms with van der Waals surface area (Å²) in [5.41, 5.74) is 2.86. The van der Waals surface area contributed by atoms with E-state index >= 15 is 0 Å². The first kappa shape index (κ1) is 21.4. The van der Waals surface area contributed by atoms with Gasteiger partial charge in [0.05, 0.1) is 5.57 Å². The molecule has 0 unspecified atom stereocenters. The highest BCUT2D eigenvalue weighted by Gasteiger charge is 2.34. The highest BCUT2D eigenvalue weighted by molar-refractivity contribution is 6.30. The zero-order valence-electron chi connectivity index (χ0n) is 17.5. The maximum Gasteiger partial charge on any atom is 0.269 e. The summed E-state index contributed by atoms with van der Waals surface area (Å²) in [5.74, 6) is 2.73. The SMILES string of the molecule is C#CC1=C(C)/C(=C/c2ccc(-c3cccc(Cl)c3)o2)C(=O)N(CCc2ccccc2)C1=O. The van der Waals surface area contributed by atoms with Crippen molar-refractivity contribution < 1.29 is 14.0 Å². The molecule has 5 heteroatoms. The van der Waals surface area contributed by atoms with Gasteiger partial charge >= 0.3 is 0 Å². The number of terminal acetylenes is 1. The number of rotatable bonds is 5. The van der Waals surface area contributed by atoms with Crippen LogP contribution in [0.15, 0.2) is 87.9 Å². The molecule has 1 aliphatic heterocycles. The number of furan rings is 1. The lowest BCUT2D eigenvalue weighted by molar-refractivity contribution is -0.140. The molecule has 2 heterocycles. The molecule has 0 spiro atoms. The Morgan fingerprint density at radius 1 is 1.03 bits per heavy atom. The number of hydrogen-bond acceptors (Lipinski definition) is 3. The van der Waals surface area contributed by atoms with Crippen LogP contribution < -0.4 is 0 Å². The van der Waals surface area contributed by atoms with Crippen molar-refractivity contribution in [3.63, 3.8) is 0 Å². The van der Waals surface area contributed by atoms with Gasteiger partial charge in [-0.3, -0.25) is 14.5 Å². The van der Waals surface area contributed by atoms with Crippen molar-refractivity contribution in [2.45, 2.75) is 13.3 Å². The highest BCUT2D eigenvalue weighted by Crippen LogP contribution is 2.30. The second-order valence-corrected chi connectivity index (χ2v) is 7.85. The fraction of sp³-hybridized carbons (Fsp3) is 0.111. The van der Waals surface area contributed by atoms with Crippen molar-refractivity contribution in [2.24, 2.45) is 0 Å². The van der Waals surface area contributed by atoms with Crippen molar-refractivity contribution >= 4 is 29.5 Å². The van der Waals surface area contributed by atoms with E-state index < -0.39 is 5.91 Å². The number of carbonyl (C=O) groups is 2. The van der Waals surface area contributed by atoms with E-state index in [1.165, 1.54) is 4.90 Å². The summed E-state index contributed by atoms with van der Waals surface area (Å²) in [6.07, 6.45) is 7.79. The van der Waals surface area contributed by atoms with E-state index in [1.807, 2.05) is 48.5 Å². The van der Waals surface area contributed by atoms with Gasteiger partial charge in [0.25, 0.3) is 11.8 Å². The van der Waals surface area contributed by atoms with Gasteiger partial charge in [-0.2, -0.15) is 0 Å². The predicted molar refractivity (Wildman–Crippen MR) is 126 cm³/mol. The largest absolute Gasteiger partial charge is 0.457 e. The molecule has 0 N–H and O–H groups in total. The third-order valence-corrected chi connectivity index (χ3v) is 5.58. The zero-order chi connectivity index (χ0) is 22.7. The maximum atomic E-state index is 13.2. The Labute approximate surface area is 191 Å². The molecule has 0 atom stereocenters. The van der Waals surface area contributed by atoms with Gasteiger partial charge in [0.2, 0.25) is 0 Å². The molecule has 0 saturated carbocycles. The van der Waals surface area contributed by atoms with Crippen LogP contribution in [0.2, 0.25) is 5.02 Å². The zero-order valence-corrected chi connectivity index (χ0v) is 18.2. The minimum atomic E-state index is -0.442. The van der Waals surface area contributed by atoms with Gasteiger partial charge in [-0.1, -0.05) is 60.0 Å². The Bertz CT molecular complexity index is 1290. The van der Waals surface area contributed by atoms with E-state index in [2.05, 4.69) is 5.92 Å². The number of hydrogen-bond donors (Lipinski definition) is 0. The monoisotopic (exact) mass is 441 g/mol. The van der Waals surface area contributed by atoms with Crippen molar-refractivity contribution in [3.8, 4) is 23.7 Å². The molecule has 3 aromatic rings. The van der Waals surface area contributed by atoms with Crippen molar-refractivity contribution in [1.29, 1.82) is 0 Å². The first-order chi connectivity index (χ1) is 15.5. The second kappa shape index (κ2) is 9.13. The van der Waals surface area contributed by atoms with Crippen LogP contribution >= 0.6 is 11.6 Å². The summed E-state index contributed by atoms with van der Waals surface area (Å²) in [6, 6.07) is 20.6. The van der Waals surface area contributed by atoms with E-state index in [0.29, 0.717) is 34.1 Å². The molecule has 2 amide bonds. The van der Waals surface area contributed by atoms with Gasteiger partial charge in [0.1, 0.15) is 11.5 Å². The average molecular weight is 442 g/mol. The molecular weight excluding hydrogens is 422 g/mol. The number of halogens is 1. The van der Waals surface area contributed by atoms with E-state index in [0.717, 1.165) is 11.1 Å². The maximum absolute atomic E-state index is 13.2. The lowest BCUT2D eigenvalue weighted by atomic mass is 9.94. The Hall–Kier alpha value is -3.81. The first-order valence-electron chi connectivity index (χ1n) is 10.1. The number of benzene rings is 2. The van der Waals surface area contributed by atoms with Crippen LogP contribution in [0.5, 0.6) is 0 Å². The smallest absolute Gasteiger partial charge is 0.269 e. The van der Waals surface area contributed by atoms with Gasteiger partial charge in [0, 0.05) is 22.7 Å². The van der Waals surface area contributed by atoms with Crippen LogP contribution in [0.25, 0.3) is 17.4 Å². The lowest BCUT2D eigenvalue weighted by Crippen LogP contribution is -2.43. The molecule has 0 aliphatic carbocycles. The molecule has 1 aliphatic rings. The minimum Gasteiger partial charge on any atom is -0.457 e. The highest BCUT2D eigenvalue weighted by atomic mass is 35.5.